The van der Waals surface area contributed by atoms with Gasteiger partial charge < -0.3 is 0 Å². The first-order valence-corrected chi connectivity index (χ1v) is 5.88. The fraction of sp³-hybridized carbons (Fsp3) is 0.538. The smallest absolute Gasteiger partial charge is 0.0137 e. The van der Waals surface area contributed by atoms with Crippen LogP contribution in [0.5, 0.6) is 0 Å². The number of aryl methyl sites for hydroxylation is 1. The first-order chi connectivity index (χ1) is 7.30. The van der Waals surface area contributed by atoms with Crippen molar-refractivity contribution in [2.24, 2.45) is 5.84 Å². The molecule has 1 fully saturated rings. The topological polar surface area (TPSA) is 29.3 Å². The van der Waals surface area contributed by atoms with Gasteiger partial charge in [-0.1, -0.05) is 24.3 Å². The summed E-state index contributed by atoms with van der Waals surface area (Å²) in [5.74, 6) is 5.84. The Kier molecular flexibility index (Phi) is 2.08. The zero-order chi connectivity index (χ0) is 10.3. The van der Waals surface area contributed by atoms with Crippen LogP contribution in [0.4, 0.5) is 0 Å². The molecule has 2 heteroatoms. The quantitative estimate of drug-likeness (QED) is 0.650. The summed E-state index contributed by atoms with van der Waals surface area (Å²) in [4.78, 5) is 0. The molecule has 2 nitrogen and oxygen atoms in total. The summed E-state index contributed by atoms with van der Waals surface area (Å²) in [7, 11) is 0. The lowest BCUT2D eigenvalue weighted by molar-refractivity contribution is 0.161. The van der Waals surface area contributed by atoms with Gasteiger partial charge in [-0.05, 0) is 42.2 Å². The molecule has 0 aromatic heterocycles. The second-order valence-corrected chi connectivity index (χ2v) is 4.97. The highest BCUT2D eigenvalue weighted by Crippen LogP contribution is 2.45. The van der Waals surface area contributed by atoms with Crippen molar-refractivity contribution in [1.82, 2.24) is 5.01 Å². The summed E-state index contributed by atoms with van der Waals surface area (Å²) < 4.78 is 0. The van der Waals surface area contributed by atoms with Crippen LogP contribution in [0.25, 0.3) is 0 Å². The Morgan fingerprint density at radius 3 is 2.60 bits per heavy atom. The molecule has 1 aromatic carbocycles. The molecule has 0 bridgehead atoms. The number of fused-ring (bicyclic) bond motifs is 2. The lowest BCUT2D eigenvalue weighted by atomic mass is 9.74. The summed E-state index contributed by atoms with van der Waals surface area (Å²) in [5, 5.41) is 1.96. The van der Waals surface area contributed by atoms with Crippen molar-refractivity contribution in [3.05, 3.63) is 35.4 Å². The second-order valence-electron chi connectivity index (χ2n) is 4.97. The zero-order valence-electron chi connectivity index (χ0n) is 9.08. The Bertz CT molecular complexity index is 365. The standard InChI is InChI=1S/C13H18N2/c14-15-9-7-13(8-10-15)6-5-11-3-1-2-4-12(11)13/h1-4H,5-10,14H2. The highest BCUT2D eigenvalue weighted by Gasteiger charge is 2.40. The third-order valence-corrected chi connectivity index (χ3v) is 4.22. The van der Waals surface area contributed by atoms with Crippen LogP contribution in [0, 0.1) is 0 Å². The number of nitrogens with zero attached hydrogens (tertiary/aromatic N) is 1. The van der Waals surface area contributed by atoms with E-state index in [2.05, 4.69) is 24.3 Å². The molecule has 0 amide bonds. The molecule has 80 valence electrons. The molecule has 0 radical (unpaired) electrons. The van der Waals surface area contributed by atoms with Crippen LogP contribution in [0.2, 0.25) is 0 Å². The Labute approximate surface area is 91.0 Å². The van der Waals surface area contributed by atoms with Crippen molar-refractivity contribution >= 4 is 0 Å². The molecule has 1 heterocycles. The number of benzene rings is 1. The number of rotatable bonds is 0. The van der Waals surface area contributed by atoms with Gasteiger partial charge in [0.05, 0.1) is 0 Å². The minimum absolute atomic E-state index is 0.465. The first kappa shape index (κ1) is 9.37. The largest absolute Gasteiger partial charge is 0.269 e. The van der Waals surface area contributed by atoms with Crippen molar-refractivity contribution in [2.45, 2.75) is 31.1 Å². The molecule has 3 rings (SSSR count). The molecule has 0 saturated carbocycles. The van der Waals surface area contributed by atoms with Crippen LogP contribution in [-0.2, 0) is 11.8 Å². The van der Waals surface area contributed by atoms with Gasteiger partial charge in [0.25, 0.3) is 0 Å². The SMILES string of the molecule is NN1CCC2(CCc3ccccc32)CC1. The van der Waals surface area contributed by atoms with Gasteiger partial charge in [-0.3, -0.25) is 5.84 Å². The Morgan fingerprint density at radius 1 is 1.07 bits per heavy atom. The lowest BCUT2D eigenvalue weighted by Gasteiger charge is -2.38. The van der Waals surface area contributed by atoms with Crippen molar-refractivity contribution < 1.29 is 0 Å². The summed E-state index contributed by atoms with van der Waals surface area (Å²) in [6.45, 7) is 2.10. The predicted molar refractivity (Wildman–Crippen MR) is 61.4 cm³/mol. The van der Waals surface area contributed by atoms with E-state index in [1.165, 1.54) is 25.7 Å². The molecule has 1 aromatic rings. The van der Waals surface area contributed by atoms with Crippen LogP contribution >= 0.6 is 0 Å². The molecule has 0 atom stereocenters. The third-order valence-electron chi connectivity index (χ3n) is 4.22. The minimum Gasteiger partial charge on any atom is -0.269 e. The van der Waals surface area contributed by atoms with Crippen molar-refractivity contribution in [1.29, 1.82) is 0 Å². The minimum atomic E-state index is 0.465. The van der Waals surface area contributed by atoms with Crippen LogP contribution < -0.4 is 5.84 Å². The average molecular weight is 202 g/mol. The summed E-state index contributed by atoms with van der Waals surface area (Å²) in [6.07, 6.45) is 5.07. The van der Waals surface area contributed by atoms with E-state index in [9.17, 15) is 0 Å². The lowest BCUT2D eigenvalue weighted by Crippen LogP contribution is -2.44. The number of hydrogen-bond acceptors (Lipinski definition) is 2. The highest BCUT2D eigenvalue weighted by molar-refractivity contribution is 5.39. The normalized spacial score (nSPS) is 24.3. The highest BCUT2D eigenvalue weighted by atomic mass is 15.4. The summed E-state index contributed by atoms with van der Waals surface area (Å²) in [5.41, 5.74) is 3.65. The van der Waals surface area contributed by atoms with E-state index >= 15 is 0 Å². The Hall–Kier alpha value is -0.860. The molecular weight excluding hydrogens is 184 g/mol. The number of piperidine rings is 1. The summed E-state index contributed by atoms with van der Waals surface area (Å²) in [6, 6.07) is 8.96. The van der Waals surface area contributed by atoms with Crippen LogP contribution in [0.3, 0.4) is 0 Å². The average Bonchev–Trinajstić information content (AvgIpc) is 2.63. The first-order valence-electron chi connectivity index (χ1n) is 5.88. The maximum atomic E-state index is 5.84. The van der Waals surface area contributed by atoms with Crippen molar-refractivity contribution in [2.75, 3.05) is 13.1 Å². The summed E-state index contributed by atoms with van der Waals surface area (Å²) >= 11 is 0. The Balaban J connectivity index is 1.95. The van der Waals surface area contributed by atoms with Crippen molar-refractivity contribution in [3.63, 3.8) is 0 Å². The van der Waals surface area contributed by atoms with Crippen LogP contribution in [-0.4, -0.2) is 18.1 Å². The van der Waals surface area contributed by atoms with Gasteiger partial charge in [-0.25, -0.2) is 5.01 Å². The monoisotopic (exact) mass is 202 g/mol. The van der Waals surface area contributed by atoms with Gasteiger partial charge in [0.15, 0.2) is 0 Å². The third kappa shape index (κ3) is 1.40. The van der Waals surface area contributed by atoms with Crippen LogP contribution in [0.1, 0.15) is 30.4 Å². The molecule has 2 aliphatic rings. The van der Waals surface area contributed by atoms with Gasteiger partial charge in [0.1, 0.15) is 0 Å². The van der Waals surface area contributed by atoms with E-state index in [1.807, 2.05) is 5.01 Å². The van der Waals surface area contributed by atoms with Gasteiger partial charge >= 0.3 is 0 Å². The second kappa shape index (κ2) is 3.32. The molecular formula is C13H18N2. The molecule has 15 heavy (non-hydrogen) atoms. The molecule has 1 aliphatic heterocycles. The van der Waals surface area contributed by atoms with E-state index in [4.69, 9.17) is 5.84 Å². The number of hydrazine groups is 1. The van der Waals surface area contributed by atoms with Gasteiger partial charge in [-0.15, -0.1) is 0 Å². The van der Waals surface area contributed by atoms with Crippen molar-refractivity contribution in [3.8, 4) is 0 Å². The van der Waals surface area contributed by atoms with E-state index in [1.54, 1.807) is 11.1 Å². The molecule has 1 spiro atoms. The maximum Gasteiger partial charge on any atom is 0.0137 e. The van der Waals surface area contributed by atoms with E-state index < -0.39 is 0 Å². The predicted octanol–water partition coefficient (Wildman–Crippen LogP) is 1.84. The Morgan fingerprint density at radius 2 is 1.80 bits per heavy atom. The van der Waals surface area contributed by atoms with Gasteiger partial charge in [0, 0.05) is 13.1 Å². The fourth-order valence-corrected chi connectivity index (χ4v) is 3.24. The van der Waals surface area contributed by atoms with Gasteiger partial charge in [0.2, 0.25) is 0 Å². The van der Waals surface area contributed by atoms with E-state index in [0.29, 0.717) is 5.41 Å². The number of hydrogen-bond donors (Lipinski definition) is 1. The fourth-order valence-electron chi connectivity index (χ4n) is 3.24. The molecule has 2 N–H and O–H groups in total. The van der Waals surface area contributed by atoms with E-state index in [0.717, 1.165) is 13.1 Å². The molecule has 0 unspecified atom stereocenters. The van der Waals surface area contributed by atoms with Gasteiger partial charge in [-0.2, -0.15) is 0 Å². The molecule has 1 saturated heterocycles. The maximum absolute atomic E-state index is 5.84. The zero-order valence-corrected chi connectivity index (χ0v) is 9.08. The number of nitrogens with two attached hydrogens (primary N) is 1. The van der Waals surface area contributed by atoms with Crippen LogP contribution in [0.15, 0.2) is 24.3 Å². The van der Waals surface area contributed by atoms with E-state index in [-0.39, 0.29) is 0 Å². The molecule has 1 aliphatic carbocycles.